The highest BCUT2D eigenvalue weighted by Crippen LogP contribution is 2.21. The third-order valence-corrected chi connectivity index (χ3v) is 4.53. The van der Waals surface area contributed by atoms with E-state index < -0.39 is 0 Å². The Hall–Kier alpha value is -1.33. The number of hydrogen-bond acceptors (Lipinski definition) is 5. The van der Waals surface area contributed by atoms with Crippen LogP contribution in [0.15, 0.2) is 18.2 Å². The van der Waals surface area contributed by atoms with E-state index in [1.807, 2.05) is 12.1 Å². The number of anilines is 1. The maximum Gasteiger partial charge on any atom is 0.215 e. The number of ether oxygens (including phenoxy) is 2. The lowest BCUT2D eigenvalue weighted by molar-refractivity contribution is 0.0238. The predicted molar refractivity (Wildman–Crippen MR) is 87.6 cm³/mol. The van der Waals surface area contributed by atoms with Crippen LogP contribution in [0.1, 0.15) is 26.7 Å². The van der Waals surface area contributed by atoms with E-state index in [0.717, 1.165) is 63.9 Å². The third-order valence-electron chi connectivity index (χ3n) is 4.53. The second kappa shape index (κ2) is 7.29. The summed E-state index contributed by atoms with van der Waals surface area (Å²) in [7, 11) is 0. The molecule has 0 saturated carbocycles. The fourth-order valence-electron chi connectivity index (χ4n) is 3.08. The summed E-state index contributed by atoms with van der Waals surface area (Å²) in [4.78, 5) is 9.57. The van der Waals surface area contributed by atoms with Crippen molar-refractivity contribution >= 4 is 5.82 Å². The van der Waals surface area contributed by atoms with Gasteiger partial charge in [-0.15, -0.1) is 0 Å². The number of aromatic nitrogens is 1. The second-order valence-corrected chi connectivity index (χ2v) is 6.38. The van der Waals surface area contributed by atoms with Gasteiger partial charge in [-0.3, -0.25) is 4.90 Å². The molecule has 1 aromatic rings. The number of pyridine rings is 1. The molecule has 0 atom stereocenters. The molecular weight excluding hydrogens is 278 g/mol. The Morgan fingerprint density at radius 3 is 2.55 bits per heavy atom. The van der Waals surface area contributed by atoms with Crippen molar-refractivity contribution in [1.29, 1.82) is 0 Å². The van der Waals surface area contributed by atoms with Crippen LogP contribution >= 0.6 is 0 Å². The van der Waals surface area contributed by atoms with Crippen LogP contribution in [-0.4, -0.2) is 61.4 Å². The van der Waals surface area contributed by atoms with Gasteiger partial charge in [0.25, 0.3) is 0 Å². The molecule has 5 nitrogen and oxygen atoms in total. The third kappa shape index (κ3) is 3.90. The molecule has 0 radical (unpaired) electrons. The summed E-state index contributed by atoms with van der Waals surface area (Å²) >= 11 is 0. The van der Waals surface area contributed by atoms with Crippen molar-refractivity contribution in [2.75, 3.05) is 44.3 Å². The smallest absolute Gasteiger partial charge is 0.215 e. The van der Waals surface area contributed by atoms with Gasteiger partial charge < -0.3 is 14.4 Å². The molecule has 2 aliphatic heterocycles. The molecule has 0 aromatic carbocycles. The molecular formula is C17H27N3O2. The van der Waals surface area contributed by atoms with Crippen LogP contribution < -0.4 is 9.64 Å². The molecule has 2 saturated heterocycles. The van der Waals surface area contributed by atoms with Crippen molar-refractivity contribution in [3.05, 3.63) is 18.2 Å². The van der Waals surface area contributed by atoms with Crippen LogP contribution in [0.5, 0.6) is 5.88 Å². The molecule has 122 valence electrons. The molecule has 0 bridgehead atoms. The van der Waals surface area contributed by atoms with Crippen LogP contribution in [0.3, 0.4) is 0 Å². The van der Waals surface area contributed by atoms with E-state index in [9.17, 15) is 0 Å². The SMILES string of the molecule is CC(C)N1CCN(c2cccc(OC3CCOCC3)n2)CC1. The van der Waals surface area contributed by atoms with Crippen molar-refractivity contribution in [2.24, 2.45) is 0 Å². The van der Waals surface area contributed by atoms with Crippen molar-refractivity contribution in [2.45, 2.75) is 38.8 Å². The fourth-order valence-corrected chi connectivity index (χ4v) is 3.08. The van der Waals surface area contributed by atoms with Gasteiger partial charge in [-0.25, -0.2) is 0 Å². The minimum absolute atomic E-state index is 0.245. The minimum Gasteiger partial charge on any atom is -0.474 e. The molecule has 1 aromatic heterocycles. The number of hydrogen-bond donors (Lipinski definition) is 0. The van der Waals surface area contributed by atoms with Gasteiger partial charge in [0, 0.05) is 51.1 Å². The van der Waals surface area contributed by atoms with Gasteiger partial charge in [0.05, 0.1) is 13.2 Å². The Morgan fingerprint density at radius 1 is 1.14 bits per heavy atom. The van der Waals surface area contributed by atoms with Crippen LogP contribution in [-0.2, 0) is 4.74 Å². The summed E-state index contributed by atoms with van der Waals surface area (Å²) in [6.07, 6.45) is 2.16. The fraction of sp³-hybridized carbons (Fsp3) is 0.706. The maximum atomic E-state index is 6.02. The summed E-state index contributed by atoms with van der Waals surface area (Å²) < 4.78 is 11.4. The van der Waals surface area contributed by atoms with Crippen molar-refractivity contribution in [1.82, 2.24) is 9.88 Å². The van der Waals surface area contributed by atoms with Gasteiger partial charge in [-0.05, 0) is 19.9 Å². The Balaban J connectivity index is 1.59. The van der Waals surface area contributed by atoms with E-state index in [1.165, 1.54) is 0 Å². The first-order valence-electron chi connectivity index (χ1n) is 8.43. The summed E-state index contributed by atoms with van der Waals surface area (Å²) in [5.41, 5.74) is 0. The Kier molecular flexibility index (Phi) is 5.16. The van der Waals surface area contributed by atoms with Crippen LogP contribution in [0, 0.1) is 0 Å². The molecule has 5 heteroatoms. The lowest BCUT2D eigenvalue weighted by Gasteiger charge is -2.37. The highest BCUT2D eigenvalue weighted by atomic mass is 16.5. The maximum absolute atomic E-state index is 6.02. The summed E-state index contributed by atoms with van der Waals surface area (Å²) in [6.45, 7) is 10.4. The molecule has 0 spiro atoms. The molecule has 0 unspecified atom stereocenters. The van der Waals surface area contributed by atoms with E-state index in [0.29, 0.717) is 6.04 Å². The lowest BCUT2D eigenvalue weighted by Crippen LogP contribution is -2.49. The van der Waals surface area contributed by atoms with Crippen molar-refractivity contribution in [3.8, 4) is 5.88 Å². The number of nitrogens with zero attached hydrogens (tertiary/aromatic N) is 3. The first-order valence-corrected chi connectivity index (χ1v) is 8.43. The summed E-state index contributed by atoms with van der Waals surface area (Å²) in [5.74, 6) is 1.78. The quantitative estimate of drug-likeness (QED) is 0.852. The lowest BCUT2D eigenvalue weighted by atomic mass is 10.1. The van der Waals surface area contributed by atoms with Gasteiger partial charge in [0.2, 0.25) is 5.88 Å². The summed E-state index contributed by atoms with van der Waals surface area (Å²) in [6, 6.07) is 6.72. The number of rotatable bonds is 4. The predicted octanol–water partition coefficient (Wildman–Crippen LogP) is 2.17. The molecule has 3 heterocycles. The molecule has 0 aliphatic carbocycles. The minimum atomic E-state index is 0.245. The van der Waals surface area contributed by atoms with E-state index >= 15 is 0 Å². The van der Waals surface area contributed by atoms with E-state index in [1.54, 1.807) is 0 Å². The number of piperazine rings is 1. The second-order valence-electron chi connectivity index (χ2n) is 6.38. The van der Waals surface area contributed by atoms with Crippen molar-refractivity contribution in [3.63, 3.8) is 0 Å². The first kappa shape index (κ1) is 15.6. The first-order chi connectivity index (χ1) is 10.7. The van der Waals surface area contributed by atoms with Gasteiger partial charge >= 0.3 is 0 Å². The zero-order valence-corrected chi connectivity index (χ0v) is 13.7. The standard InChI is InChI=1S/C17H27N3O2/c1-14(2)19-8-10-20(11-9-19)16-4-3-5-17(18-16)22-15-6-12-21-13-7-15/h3-5,14-15H,6-13H2,1-2H3. The highest BCUT2D eigenvalue weighted by molar-refractivity contribution is 5.41. The zero-order valence-electron chi connectivity index (χ0n) is 13.7. The average Bonchev–Trinajstić information content (AvgIpc) is 2.56. The Labute approximate surface area is 133 Å². The van der Waals surface area contributed by atoms with Crippen molar-refractivity contribution < 1.29 is 9.47 Å². The van der Waals surface area contributed by atoms with E-state index in [2.05, 4.69) is 29.7 Å². The molecule has 0 amide bonds. The average molecular weight is 305 g/mol. The largest absolute Gasteiger partial charge is 0.474 e. The van der Waals surface area contributed by atoms with Crippen LogP contribution in [0.25, 0.3) is 0 Å². The van der Waals surface area contributed by atoms with E-state index in [4.69, 9.17) is 14.5 Å². The van der Waals surface area contributed by atoms with E-state index in [-0.39, 0.29) is 6.10 Å². The normalized spacial score (nSPS) is 21.3. The van der Waals surface area contributed by atoms with Gasteiger partial charge in [0.1, 0.15) is 11.9 Å². The highest BCUT2D eigenvalue weighted by Gasteiger charge is 2.21. The van der Waals surface area contributed by atoms with Crippen LogP contribution in [0.2, 0.25) is 0 Å². The Morgan fingerprint density at radius 2 is 1.86 bits per heavy atom. The molecule has 0 N–H and O–H groups in total. The summed E-state index contributed by atoms with van der Waals surface area (Å²) in [5, 5.41) is 0. The van der Waals surface area contributed by atoms with Crippen LogP contribution in [0.4, 0.5) is 5.82 Å². The van der Waals surface area contributed by atoms with Gasteiger partial charge in [-0.1, -0.05) is 6.07 Å². The molecule has 2 aliphatic rings. The zero-order chi connectivity index (χ0) is 15.4. The monoisotopic (exact) mass is 305 g/mol. The topological polar surface area (TPSA) is 37.8 Å². The molecule has 2 fully saturated rings. The van der Waals surface area contributed by atoms with Gasteiger partial charge in [-0.2, -0.15) is 4.98 Å². The molecule has 3 rings (SSSR count). The molecule has 22 heavy (non-hydrogen) atoms. The Bertz CT molecular complexity index is 467. The van der Waals surface area contributed by atoms with Gasteiger partial charge in [0.15, 0.2) is 0 Å².